The highest BCUT2D eigenvalue weighted by Crippen LogP contribution is 2.27. The molecular weight excluding hydrogens is 310 g/mol. The Balaban J connectivity index is 1.81. The number of carbonyl (C=O) groups is 1. The van der Waals surface area contributed by atoms with Gasteiger partial charge in [-0.05, 0) is 32.6 Å². The van der Waals surface area contributed by atoms with Crippen molar-refractivity contribution in [3.8, 4) is 0 Å². The SMILES string of the molecule is CCC(CC)(CO)CNC(=O)C1CCN(c2nc(C)cs2)CC1. The predicted octanol–water partition coefficient (Wildman–Crippen LogP) is 2.58. The topological polar surface area (TPSA) is 65.5 Å². The van der Waals surface area contributed by atoms with E-state index in [0.29, 0.717) is 6.54 Å². The van der Waals surface area contributed by atoms with Crippen molar-refractivity contribution in [2.75, 3.05) is 31.1 Å². The Morgan fingerprint density at radius 3 is 2.57 bits per heavy atom. The smallest absolute Gasteiger partial charge is 0.223 e. The third-order valence-corrected chi connectivity index (χ3v) is 6.24. The lowest BCUT2D eigenvalue weighted by Crippen LogP contribution is -2.45. The van der Waals surface area contributed by atoms with Crippen LogP contribution in [0.15, 0.2) is 5.38 Å². The molecule has 2 heterocycles. The zero-order valence-corrected chi connectivity index (χ0v) is 15.3. The Kier molecular flexibility index (Phi) is 6.41. The molecule has 1 aromatic rings. The molecule has 0 spiro atoms. The van der Waals surface area contributed by atoms with Gasteiger partial charge in [-0.25, -0.2) is 4.98 Å². The fraction of sp³-hybridized carbons (Fsp3) is 0.765. The molecular formula is C17H29N3O2S. The summed E-state index contributed by atoms with van der Waals surface area (Å²) in [6, 6.07) is 0. The molecule has 1 aliphatic rings. The number of aryl methyl sites for hydroxylation is 1. The van der Waals surface area contributed by atoms with E-state index in [1.807, 2.05) is 6.92 Å². The number of rotatable bonds is 7. The maximum atomic E-state index is 12.4. The number of carbonyl (C=O) groups excluding carboxylic acids is 1. The molecule has 2 N–H and O–H groups in total. The van der Waals surface area contributed by atoms with Gasteiger partial charge in [0.1, 0.15) is 0 Å². The van der Waals surface area contributed by atoms with Crippen LogP contribution in [0.3, 0.4) is 0 Å². The summed E-state index contributed by atoms with van der Waals surface area (Å²) in [5, 5.41) is 15.8. The second-order valence-corrected chi connectivity index (χ2v) is 7.45. The molecule has 0 radical (unpaired) electrons. The maximum Gasteiger partial charge on any atom is 0.223 e. The minimum Gasteiger partial charge on any atom is -0.396 e. The van der Waals surface area contributed by atoms with E-state index in [-0.39, 0.29) is 23.8 Å². The van der Waals surface area contributed by atoms with E-state index in [1.165, 1.54) is 0 Å². The summed E-state index contributed by atoms with van der Waals surface area (Å²) in [7, 11) is 0. The Bertz CT molecular complexity index is 497. The van der Waals surface area contributed by atoms with Crippen molar-refractivity contribution in [2.45, 2.75) is 46.5 Å². The standard InChI is InChI=1S/C17H29N3O2S/c1-4-17(5-2,12-21)11-18-15(22)14-6-8-20(9-7-14)16-19-13(3)10-23-16/h10,14,21H,4-9,11-12H2,1-3H3,(H,18,22). The van der Waals surface area contributed by atoms with Crippen LogP contribution in [0.2, 0.25) is 0 Å². The first-order valence-corrected chi connectivity index (χ1v) is 9.47. The number of aliphatic hydroxyl groups excluding tert-OH is 1. The van der Waals surface area contributed by atoms with E-state index in [2.05, 4.69) is 34.4 Å². The lowest BCUT2D eigenvalue weighted by Gasteiger charge is -2.33. The minimum atomic E-state index is -0.172. The Hall–Kier alpha value is -1.14. The van der Waals surface area contributed by atoms with Crippen LogP contribution in [-0.2, 0) is 4.79 Å². The normalized spacial score (nSPS) is 16.6. The van der Waals surface area contributed by atoms with E-state index < -0.39 is 0 Å². The number of anilines is 1. The average molecular weight is 340 g/mol. The zero-order chi connectivity index (χ0) is 16.9. The van der Waals surface area contributed by atoms with Crippen LogP contribution in [0.5, 0.6) is 0 Å². The van der Waals surface area contributed by atoms with Crippen LogP contribution in [0.25, 0.3) is 0 Å². The average Bonchev–Trinajstić information content (AvgIpc) is 3.03. The van der Waals surface area contributed by atoms with Gasteiger partial charge in [-0.15, -0.1) is 11.3 Å². The van der Waals surface area contributed by atoms with Crippen molar-refractivity contribution in [1.82, 2.24) is 10.3 Å². The fourth-order valence-electron chi connectivity index (χ4n) is 3.02. The quantitative estimate of drug-likeness (QED) is 0.801. The van der Waals surface area contributed by atoms with Gasteiger partial charge in [0.2, 0.25) is 5.91 Å². The number of hydrogen-bond acceptors (Lipinski definition) is 5. The van der Waals surface area contributed by atoms with Crippen LogP contribution >= 0.6 is 11.3 Å². The van der Waals surface area contributed by atoms with Crippen LogP contribution in [-0.4, -0.2) is 42.2 Å². The molecule has 0 atom stereocenters. The number of aliphatic hydroxyl groups is 1. The molecule has 1 aliphatic heterocycles. The first-order valence-electron chi connectivity index (χ1n) is 8.59. The number of amides is 1. The molecule has 0 saturated carbocycles. The van der Waals surface area contributed by atoms with E-state index in [1.54, 1.807) is 11.3 Å². The highest BCUT2D eigenvalue weighted by atomic mass is 32.1. The van der Waals surface area contributed by atoms with E-state index >= 15 is 0 Å². The first kappa shape index (κ1) is 18.2. The highest BCUT2D eigenvalue weighted by Gasteiger charge is 2.29. The molecule has 0 aromatic carbocycles. The number of nitrogens with zero attached hydrogens (tertiary/aromatic N) is 2. The first-order chi connectivity index (χ1) is 11.0. The van der Waals surface area contributed by atoms with E-state index in [0.717, 1.165) is 49.6 Å². The summed E-state index contributed by atoms with van der Waals surface area (Å²) in [5.41, 5.74) is 0.888. The molecule has 1 fully saturated rings. The highest BCUT2D eigenvalue weighted by molar-refractivity contribution is 7.13. The molecule has 1 aromatic heterocycles. The molecule has 0 bridgehead atoms. The van der Waals surface area contributed by atoms with E-state index in [9.17, 15) is 9.90 Å². The van der Waals surface area contributed by atoms with Crippen LogP contribution in [0, 0.1) is 18.3 Å². The van der Waals surface area contributed by atoms with Gasteiger partial charge in [0.25, 0.3) is 0 Å². The molecule has 6 heteroatoms. The number of hydrogen-bond donors (Lipinski definition) is 2. The van der Waals surface area contributed by atoms with Gasteiger partial charge < -0.3 is 15.3 Å². The molecule has 1 saturated heterocycles. The Morgan fingerprint density at radius 1 is 1.43 bits per heavy atom. The summed E-state index contributed by atoms with van der Waals surface area (Å²) in [6.07, 6.45) is 3.49. The van der Waals surface area contributed by atoms with Crippen LogP contribution < -0.4 is 10.2 Å². The van der Waals surface area contributed by atoms with Gasteiger partial charge in [-0.3, -0.25) is 4.79 Å². The number of thiazole rings is 1. The Labute approximate surface area is 143 Å². The molecule has 23 heavy (non-hydrogen) atoms. The second-order valence-electron chi connectivity index (χ2n) is 6.62. The lowest BCUT2D eigenvalue weighted by molar-refractivity contribution is -0.126. The number of aromatic nitrogens is 1. The molecule has 5 nitrogen and oxygen atoms in total. The third kappa shape index (κ3) is 4.44. The van der Waals surface area contributed by atoms with E-state index in [4.69, 9.17) is 0 Å². The largest absolute Gasteiger partial charge is 0.396 e. The third-order valence-electron chi connectivity index (χ3n) is 5.22. The molecule has 2 rings (SSSR count). The van der Waals surface area contributed by atoms with Gasteiger partial charge in [-0.1, -0.05) is 13.8 Å². The monoisotopic (exact) mass is 339 g/mol. The number of nitrogens with one attached hydrogen (secondary N) is 1. The summed E-state index contributed by atoms with van der Waals surface area (Å²) in [4.78, 5) is 19.2. The number of piperidine rings is 1. The Morgan fingerprint density at radius 2 is 2.09 bits per heavy atom. The predicted molar refractivity (Wildman–Crippen MR) is 94.9 cm³/mol. The van der Waals surface area contributed by atoms with Crippen molar-refractivity contribution < 1.29 is 9.90 Å². The van der Waals surface area contributed by atoms with Crippen molar-refractivity contribution in [3.63, 3.8) is 0 Å². The summed E-state index contributed by atoms with van der Waals surface area (Å²) < 4.78 is 0. The van der Waals surface area contributed by atoms with Crippen molar-refractivity contribution in [1.29, 1.82) is 0 Å². The summed E-state index contributed by atoms with van der Waals surface area (Å²) >= 11 is 1.67. The lowest BCUT2D eigenvalue weighted by atomic mass is 9.83. The molecule has 1 amide bonds. The minimum absolute atomic E-state index is 0.0809. The van der Waals surface area contributed by atoms with Crippen molar-refractivity contribution in [3.05, 3.63) is 11.1 Å². The second kappa shape index (κ2) is 8.11. The van der Waals surface area contributed by atoms with Crippen molar-refractivity contribution in [2.24, 2.45) is 11.3 Å². The maximum absolute atomic E-state index is 12.4. The molecule has 0 aliphatic carbocycles. The molecule has 0 unspecified atom stereocenters. The fourth-order valence-corrected chi connectivity index (χ4v) is 3.88. The van der Waals surface area contributed by atoms with Crippen LogP contribution in [0.1, 0.15) is 45.2 Å². The van der Waals surface area contributed by atoms with Crippen molar-refractivity contribution >= 4 is 22.4 Å². The van der Waals surface area contributed by atoms with Gasteiger partial charge in [0.05, 0.1) is 12.3 Å². The van der Waals surface area contributed by atoms with Gasteiger partial charge in [0.15, 0.2) is 5.13 Å². The summed E-state index contributed by atoms with van der Waals surface area (Å²) in [5.74, 6) is 0.220. The zero-order valence-electron chi connectivity index (χ0n) is 14.5. The van der Waals surface area contributed by atoms with Gasteiger partial charge >= 0.3 is 0 Å². The van der Waals surface area contributed by atoms with Gasteiger partial charge in [0, 0.05) is 36.3 Å². The summed E-state index contributed by atoms with van der Waals surface area (Å²) in [6.45, 7) is 8.62. The van der Waals surface area contributed by atoms with Crippen LogP contribution in [0.4, 0.5) is 5.13 Å². The van der Waals surface area contributed by atoms with Gasteiger partial charge in [-0.2, -0.15) is 0 Å². The molecule has 130 valence electrons.